The van der Waals surface area contributed by atoms with Crippen molar-refractivity contribution in [3.63, 3.8) is 0 Å². The van der Waals surface area contributed by atoms with Crippen molar-refractivity contribution >= 4 is 20.1 Å². The zero-order valence-electron chi connectivity index (χ0n) is 20.3. The van der Waals surface area contributed by atoms with Crippen molar-refractivity contribution in [2.24, 2.45) is 0 Å². The Bertz CT molecular complexity index is 798. The van der Waals surface area contributed by atoms with Crippen LogP contribution in [-0.2, 0) is 15.6 Å². The van der Waals surface area contributed by atoms with E-state index in [4.69, 9.17) is 9.16 Å². The third kappa shape index (κ3) is 4.92. The van der Waals surface area contributed by atoms with Crippen LogP contribution in [0, 0.1) is 18.8 Å². The molecule has 5 heteroatoms. The minimum absolute atomic E-state index is 0.112. The number of ether oxygens (including phenoxy) is 1. The normalized spacial score (nSPS) is 14.7. The van der Waals surface area contributed by atoms with E-state index >= 15 is 0 Å². The molecule has 1 heterocycles. The van der Waals surface area contributed by atoms with Gasteiger partial charge in [0.05, 0.1) is 18.9 Å². The standard InChI is InChI=1S/C25H39NO3Si/c1-17(2)30(18(3)4,19(5)6)29-21(8)11-10-12-22-15-20(7)16-24-23(22)13-14-26(24)25(27)28-9/h15-19,21H,11,13-14H2,1-9H3. The van der Waals surface area contributed by atoms with E-state index in [0.29, 0.717) is 29.6 Å². The van der Waals surface area contributed by atoms with Gasteiger partial charge >= 0.3 is 6.09 Å². The Hall–Kier alpha value is -1.77. The Balaban J connectivity index is 2.21. The van der Waals surface area contributed by atoms with Gasteiger partial charge in [0.1, 0.15) is 0 Å². The number of methoxy groups -OCH3 is 1. The second-order valence-corrected chi connectivity index (χ2v) is 14.8. The number of hydrogen-bond acceptors (Lipinski definition) is 3. The lowest BCUT2D eigenvalue weighted by Gasteiger charge is -2.43. The van der Waals surface area contributed by atoms with Crippen molar-refractivity contribution < 1.29 is 14.0 Å². The van der Waals surface area contributed by atoms with E-state index in [2.05, 4.69) is 66.4 Å². The molecule has 1 atom stereocenters. The molecule has 0 bridgehead atoms. The molecule has 30 heavy (non-hydrogen) atoms. The number of benzene rings is 1. The molecule has 0 saturated heterocycles. The lowest BCUT2D eigenvalue weighted by Crippen LogP contribution is -2.49. The topological polar surface area (TPSA) is 38.8 Å². The molecule has 0 aliphatic carbocycles. The van der Waals surface area contributed by atoms with E-state index in [0.717, 1.165) is 28.8 Å². The summed E-state index contributed by atoms with van der Waals surface area (Å²) in [5.41, 5.74) is 5.89. The van der Waals surface area contributed by atoms with E-state index in [1.54, 1.807) is 4.90 Å². The summed E-state index contributed by atoms with van der Waals surface area (Å²) in [7, 11) is -0.474. The van der Waals surface area contributed by atoms with E-state index in [9.17, 15) is 4.79 Å². The third-order valence-corrected chi connectivity index (χ3v) is 12.6. The first-order valence-electron chi connectivity index (χ1n) is 11.2. The van der Waals surface area contributed by atoms with Crippen LogP contribution in [0.4, 0.5) is 10.5 Å². The summed E-state index contributed by atoms with van der Waals surface area (Å²) in [6.45, 7) is 18.7. The molecule has 0 fully saturated rings. The van der Waals surface area contributed by atoms with Crippen LogP contribution >= 0.6 is 0 Å². The van der Waals surface area contributed by atoms with Gasteiger partial charge in [0.15, 0.2) is 0 Å². The molecule has 4 nitrogen and oxygen atoms in total. The fraction of sp³-hybridized carbons (Fsp3) is 0.640. The monoisotopic (exact) mass is 429 g/mol. The molecule has 0 spiro atoms. The molecular weight excluding hydrogens is 390 g/mol. The molecule has 0 saturated carbocycles. The Kier molecular flexibility index (Phi) is 8.18. The first kappa shape index (κ1) is 24.5. The molecule has 1 amide bonds. The molecule has 0 N–H and O–H groups in total. The number of aryl methyl sites for hydroxylation is 1. The number of fused-ring (bicyclic) bond motifs is 1. The van der Waals surface area contributed by atoms with Crippen LogP contribution in [0.5, 0.6) is 0 Å². The van der Waals surface area contributed by atoms with Crippen LogP contribution in [0.3, 0.4) is 0 Å². The molecule has 1 aromatic carbocycles. The first-order chi connectivity index (χ1) is 14.0. The third-order valence-electron chi connectivity index (χ3n) is 6.37. The first-order valence-corrected chi connectivity index (χ1v) is 13.3. The average Bonchev–Trinajstić information content (AvgIpc) is 3.08. The highest BCUT2D eigenvalue weighted by molar-refractivity contribution is 6.77. The van der Waals surface area contributed by atoms with Crippen molar-refractivity contribution in [1.29, 1.82) is 0 Å². The van der Waals surface area contributed by atoms with E-state index < -0.39 is 8.32 Å². The number of amides is 1. The van der Waals surface area contributed by atoms with Crippen molar-refractivity contribution in [2.45, 2.75) is 91.0 Å². The minimum Gasteiger partial charge on any atom is -0.452 e. The summed E-state index contributed by atoms with van der Waals surface area (Å²) in [6, 6.07) is 4.16. The van der Waals surface area contributed by atoms with Gasteiger partial charge in [0, 0.05) is 18.5 Å². The predicted octanol–water partition coefficient (Wildman–Crippen LogP) is 6.45. The summed E-state index contributed by atoms with van der Waals surface area (Å²) in [4.78, 5) is 13.8. The maximum atomic E-state index is 12.1. The molecule has 2 rings (SSSR count). The molecule has 0 radical (unpaired) electrons. The number of carbonyl (C=O) groups excluding carboxylic acids is 1. The molecule has 1 aliphatic rings. The molecule has 1 aromatic rings. The van der Waals surface area contributed by atoms with Crippen LogP contribution in [-0.4, -0.2) is 34.2 Å². The van der Waals surface area contributed by atoms with Crippen LogP contribution in [0.15, 0.2) is 12.1 Å². The summed E-state index contributed by atoms with van der Waals surface area (Å²) in [6.07, 6.45) is 1.33. The van der Waals surface area contributed by atoms with Gasteiger partial charge in [0.25, 0.3) is 0 Å². The lowest BCUT2D eigenvalue weighted by atomic mass is 10.0. The van der Waals surface area contributed by atoms with Gasteiger partial charge in [-0.3, -0.25) is 4.90 Å². The average molecular weight is 430 g/mol. The van der Waals surface area contributed by atoms with Crippen molar-refractivity contribution in [3.05, 3.63) is 28.8 Å². The molecule has 166 valence electrons. The van der Waals surface area contributed by atoms with Gasteiger partial charge in [-0.1, -0.05) is 53.4 Å². The number of anilines is 1. The number of rotatable bonds is 6. The van der Waals surface area contributed by atoms with E-state index in [1.807, 2.05) is 13.0 Å². The SMILES string of the molecule is COC(=O)N1CCc2c(C#CCC(C)O[Si](C(C)C)(C(C)C)C(C)C)cc(C)cc21. The number of hydrogen-bond donors (Lipinski definition) is 0. The molecular formula is C25H39NO3Si. The summed E-state index contributed by atoms with van der Waals surface area (Å²) >= 11 is 0. The summed E-state index contributed by atoms with van der Waals surface area (Å²) in [5.74, 6) is 6.74. The predicted molar refractivity (Wildman–Crippen MR) is 128 cm³/mol. The maximum absolute atomic E-state index is 12.1. The zero-order valence-corrected chi connectivity index (χ0v) is 21.3. The van der Waals surface area contributed by atoms with Gasteiger partial charge < -0.3 is 9.16 Å². The number of carbonyl (C=O) groups is 1. The Morgan fingerprint density at radius 2 is 1.70 bits per heavy atom. The highest BCUT2D eigenvalue weighted by atomic mass is 28.4. The highest BCUT2D eigenvalue weighted by Crippen LogP contribution is 2.43. The van der Waals surface area contributed by atoms with Crippen LogP contribution in [0.1, 0.15) is 71.6 Å². The van der Waals surface area contributed by atoms with Crippen LogP contribution in [0.2, 0.25) is 16.6 Å². The van der Waals surface area contributed by atoms with Crippen LogP contribution < -0.4 is 4.90 Å². The van der Waals surface area contributed by atoms with E-state index in [-0.39, 0.29) is 12.2 Å². The van der Waals surface area contributed by atoms with E-state index in [1.165, 1.54) is 7.11 Å². The lowest BCUT2D eigenvalue weighted by molar-refractivity contribution is 0.179. The second kappa shape index (κ2) is 10.0. The summed E-state index contributed by atoms with van der Waals surface area (Å²) < 4.78 is 11.7. The second-order valence-electron chi connectivity index (χ2n) is 9.43. The Morgan fingerprint density at radius 3 is 2.23 bits per heavy atom. The number of nitrogens with zero attached hydrogens (tertiary/aromatic N) is 1. The van der Waals surface area contributed by atoms with Gasteiger partial charge in [-0.2, -0.15) is 0 Å². The quantitative estimate of drug-likeness (QED) is 0.385. The summed E-state index contributed by atoms with van der Waals surface area (Å²) in [5, 5.41) is 0. The van der Waals surface area contributed by atoms with Crippen molar-refractivity contribution in [3.8, 4) is 11.8 Å². The van der Waals surface area contributed by atoms with Crippen molar-refractivity contribution in [2.75, 3.05) is 18.6 Å². The molecule has 0 aromatic heterocycles. The van der Waals surface area contributed by atoms with Crippen molar-refractivity contribution in [1.82, 2.24) is 0 Å². The van der Waals surface area contributed by atoms with Gasteiger partial charge in [-0.15, -0.1) is 0 Å². The van der Waals surface area contributed by atoms with Gasteiger partial charge in [-0.25, -0.2) is 4.79 Å². The Labute approximate surface area is 184 Å². The molecule has 1 unspecified atom stereocenters. The zero-order chi connectivity index (χ0) is 22.6. The maximum Gasteiger partial charge on any atom is 0.414 e. The van der Waals surface area contributed by atoms with Crippen LogP contribution in [0.25, 0.3) is 0 Å². The Morgan fingerprint density at radius 1 is 1.10 bits per heavy atom. The largest absolute Gasteiger partial charge is 0.452 e. The van der Waals surface area contributed by atoms with Gasteiger partial charge in [0.2, 0.25) is 8.32 Å². The fourth-order valence-electron chi connectivity index (χ4n) is 5.14. The fourth-order valence-corrected chi connectivity index (χ4v) is 10.7. The van der Waals surface area contributed by atoms with Gasteiger partial charge in [-0.05, 0) is 60.2 Å². The highest BCUT2D eigenvalue weighted by Gasteiger charge is 2.45. The smallest absolute Gasteiger partial charge is 0.414 e. The molecule has 1 aliphatic heterocycles. The minimum atomic E-state index is -1.90.